The monoisotopic (exact) mass is 231 g/mol. The number of rotatable bonds is 3. The van der Waals surface area contributed by atoms with Crippen molar-refractivity contribution in [2.75, 3.05) is 18.5 Å². The van der Waals surface area contributed by atoms with E-state index < -0.39 is 0 Å². The highest BCUT2D eigenvalue weighted by molar-refractivity contribution is 5.76. The fourth-order valence-corrected chi connectivity index (χ4v) is 3.03. The van der Waals surface area contributed by atoms with Crippen LogP contribution in [0.4, 0.5) is 5.69 Å². The van der Waals surface area contributed by atoms with Crippen LogP contribution in [0.15, 0.2) is 24.3 Å². The van der Waals surface area contributed by atoms with Gasteiger partial charge < -0.3 is 9.69 Å². The van der Waals surface area contributed by atoms with E-state index in [1.54, 1.807) is 6.92 Å². The van der Waals surface area contributed by atoms with Crippen molar-refractivity contribution in [2.45, 2.75) is 33.1 Å². The molecule has 0 N–H and O–H groups in total. The fourth-order valence-electron chi connectivity index (χ4n) is 3.03. The number of likely N-dealkylation sites (N-methyl/N-ethyl adjacent to an activating group) is 1. The summed E-state index contributed by atoms with van der Waals surface area (Å²) < 4.78 is 0. The highest BCUT2D eigenvalue weighted by Crippen LogP contribution is 2.46. The molecule has 0 fully saturated rings. The molecular weight excluding hydrogens is 210 g/mol. The average Bonchev–Trinajstić information content (AvgIpc) is 2.56. The molecule has 0 bridgehead atoms. The number of benzene rings is 1. The van der Waals surface area contributed by atoms with Gasteiger partial charge in [0.25, 0.3) is 0 Å². The van der Waals surface area contributed by atoms with Crippen molar-refractivity contribution >= 4 is 11.5 Å². The van der Waals surface area contributed by atoms with Crippen molar-refractivity contribution in [1.82, 2.24) is 0 Å². The van der Waals surface area contributed by atoms with Crippen LogP contribution in [0.2, 0.25) is 0 Å². The predicted molar refractivity (Wildman–Crippen MR) is 71.5 cm³/mol. The van der Waals surface area contributed by atoms with Crippen LogP contribution in [0.25, 0.3) is 0 Å². The number of hydrogen-bond acceptors (Lipinski definition) is 2. The topological polar surface area (TPSA) is 20.3 Å². The highest BCUT2D eigenvalue weighted by atomic mass is 16.1. The van der Waals surface area contributed by atoms with Crippen LogP contribution in [0, 0.1) is 5.41 Å². The van der Waals surface area contributed by atoms with E-state index in [1.807, 2.05) is 0 Å². The molecule has 1 aromatic rings. The Labute approximate surface area is 104 Å². The van der Waals surface area contributed by atoms with Gasteiger partial charge in [-0.1, -0.05) is 32.0 Å². The van der Waals surface area contributed by atoms with E-state index in [-0.39, 0.29) is 11.2 Å². The molecule has 1 atom stereocenters. The summed E-state index contributed by atoms with van der Waals surface area (Å²) in [6.45, 7) is 7.11. The maximum atomic E-state index is 11.4. The Bertz CT molecular complexity index is 436. The first-order valence-electron chi connectivity index (χ1n) is 6.21. The van der Waals surface area contributed by atoms with E-state index in [4.69, 9.17) is 0 Å². The molecule has 1 aromatic carbocycles. The maximum Gasteiger partial charge on any atom is 0.130 e. The zero-order valence-electron chi connectivity index (χ0n) is 11.2. The molecule has 0 saturated carbocycles. The second-order valence-electron chi connectivity index (χ2n) is 5.86. The zero-order valence-corrected chi connectivity index (χ0v) is 11.2. The smallest absolute Gasteiger partial charge is 0.130 e. The van der Waals surface area contributed by atoms with Crippen LogP contribution >= 0.6 is 0 Å². The summed E-state index contributed by atoms with van der Waals surface area (Å²) >= 11 is 0. The molecule has 0 aliphatic carbocycles. The van der Waals surface area contributed by atoms with Gasteiger partial charge in [-0.3, -0.25) is 0 Å². The lowest BCUT2D eigenvalue weighted by Gasteiger charge is -2.31. The van der Waals surface area contributed by atoms with Crippen molar-refractivity contribution < 1.29 is 4.79 Å². The maximum absolute atomic E-state index is 11.4. The highest BCUT2D eigenvalue weighted by Gasteiger charge is 2.38. The Morgan fingerprint density at radius 1 is 1.41 bits per heavy atom. The number of carbonyl (C=O) groups is 1. The van der Waals surface area contributed by atoms with Gasteiger partial charge in [0, 0.05) is 31.6 Å². The molecule has 0 aromatic heterocycles. The summed E-state index contributed by atoms with van der Waals surface area (Å²) in [7, 11) is 2.13. The second kappa shape index (κ2) is 4.17. The SMILES string of the molecule is CC(=O)CC(C)(C)C1CN(C)c2ccccc21. The summed E-state index contributed by atoms with van der Waals surface area (Å²) in [5.41, 5.74) is 2.74. The van der Waals surface area contributed by atoms with E-state index >= 15 is 0 Å². The number of para-hydroxylation sites is 1. The van der Waals surface area contributed by atoms with Gasteiger partial charge in [0.05, 0.1) is 0 Å². The quantitative estimate of drug-likeness (QED) is 0.796. The molecule has 0 radical (unpaired) electrons. The van der Waals surface area contributed by atoms with Gasteiger partial charge in [-0.2, -0.15) is 0 Å². The Hall–Kier alpha value is -1.31. The van der Waals surface area contributed by atoms with Gasteiger partial charge in [0.2, 0.25) is 0 Å². The van der Waals surface area contributed by atoms with Gasteiger partial charge >= 0.3 is 0 Å². The van der Waals surface area contributed by atoms with Gasteiger partial charge in [-0.25, -0.2) is 0 Å². The van der Waals surface area contributed by atoms with E-state index in [0.717, 1.165) is 6.54 Å². The molecule has 1 unspecified atom stereocenters. The van der Waals surface area contributed by atoms with Gasteiger partial charge in [0.1, 0.15) is 5.78 Å². The number of hydrogen-bond donors (Lipinski definition) is 0. The summed E-state index contributed by atoms with van der Waals surface area (Å²) in [6.07, 6.45) is 0.653. The first-order chi connectivity index (χ1) is 7.92. The van der Waals surface area contributed by atoms with Crippen molar-refractivity contribution in [1.29, 1.82) is 0 Å². The third-order valence-electron chi connectivity index (χ3n) is 3.83. The van der Waals surface area contributed by atoms with E-state index in [0.29, 0.717) is 12.3 Å². The Kier molecular flexibility index (Phi) is 2.98. The second-order valence-corrected chi connectivity index (χ2v) is 5.86. The first kappa shape index (κ1) is 12.2. The summed E-state index contributed by atoms with van der Waals surface area (Å²) in [6, 6.07) is 8.54. The Morgan fingerprint density at radius 2 is 2.06 bits per heavy atom. The van der Waals surface area contributed by atoms with Crippen molar-refractivity contribution in [3.8, 4) is 0 Å². The number of Topliss-reactive ketones (excluding diaryl/α,β-unsaturated/α-hetero) is 1. The number of nitrogens with zero attached hydrogens (tertiary/aromatic N) is 1. The van der Waals surface area contributed by atoms with Crippen LogP contribution in [0.1, 0.15) is 38.7 Å². The number of ketones is 1. The molecule has 92 valence electrons. The molecule has 0 amide bonds. The fraction of sp³-hybridized carbons (Fsp3) is 0.533. The normalized spacial score (nSPS) is 19.3. The van der Waals surface area contributed by atoms with E-state index in [9.17, 15) is 4.79 Å². The summed E-state index contributed by atoms with van der Waals surface area (Å²) in [4.78, 5) is 13.7. The summed E-state index contributed by atoms with van der Waals surface area (Å²) in [5.74, 6) is 0.731. The minimum Gasteiger partial charge on any atom is -0.374 e. The summed E-state index contributed by atoms with van der Waals surface area (Å²) in [5, 5.41) is 0. The van der Waals surface area contributed by atoms with Crippen molar-refractivity contribution in [2.24, 2.45) is 5.41 Å². The molecule has 1 heterocycles. The molecule has 0 saturated heterocycles. The lowest BCUT2D eigenvalue weighted by Crippen LogP contribution is -2.28. The van der Waals surface area contributed by atoms with Gasteiger partial charge in [-0.05, 0) is 24.0 Å². The van der Waals surface area contributed by atoms with Crippen LogP contribution in [-0.2, 0) is 4.79 Å². The van der Waals surface area contributed by atoms with Gasteiger partial charge in [-0.15, -0.1) is 0 Å². The zero-order chi connectivity index (χ0) is 12.6. The van der Waals surface area contributed by atoms with Crippen molar-refractivity contribution in [3.63, 3.8) is 0 Å². The minimum absolute atomic E-state index is 0.0344. The number of fused-ring (bicyclic) bond motifs is 1. The van der Waals surface area contributed by atoms with Crippen molar-refractivity contribution in [3.05, 3.63) is 29.8 Å². The average molecular weight is 231 g/mol. The molecule has 2 nitrogen and oxygen atoms in total. The lowest BCUT2D eigenvalue weighted by atomic mass is 9.73. The minimum atomic E-state index is 0.0344. The molecule has 2 heteroatoms. The molecule has 2 rings (SSSR count). The van der Waals surface area contributed by atoms with Crippen LogP contribution in [-0.4, -0.2) is 19.4 Å². The van der Waals surface area contributed by atoms with E-state index in [2.05, 4.69) is 50.1 Å². The Morgan fingerprint density at radius 3 is 2.71 bits per heavy atom. The van der Waals surface area contributed by atoms with Crippen LogP contribution in [0.3, 0.4) is 0 Å². The predicted octanol–water partition coefficient (Wildman–Crippen LogP) is 3.23. The van der Waals surface area contributed by atoms with Gasteiger partial charge in [0.15, 0.2) is 0 Å². The number of carbonyl (C=O) groups excluding carboxylic acids is 1. The third-order valence-corrected chi connectivity index (χ3v) is 3.83. The largest absolute Gasteiger partial charge is 0.374 e. The molecule has 0 spiro atoms. The molecule has 1 aliphatic heterocycles. The first-order valence-corrected chi connectivity index (χ1v) is 6.21. The molecule has 1 aliphatic rings. The lowest BCUT2D eigenvalue weighted by molar-refractivity contribution is -0.119. The molecular formula is C15H21NO. The number of anilines is 1. The van der Waals surface area contributed by atoms with E-state index in [1.165, 1.54) is 11.3 Å². The third kappa shape index (κ3) is 2.21. The van der Waals surface area contributed by atoms with Crippen LogP contribution in [0.5, 0.6) is 0 Å². The van der Waals surface area contributed by atoms with Crippen LogP contribution < -0.4 is 4.90 Å². The standard InChI is InChI=1S/C15H21NO/c1-11(17)9-15(2,3)13-10-16(4)14-8-6-5-7-12(13)14/h5-8,13H,9-10H2,1-4H3. The Balaban J connectivity index is 2.33. The molecule has 17 heavy (non-hydrogen) atoms.